The predicted molar refractivity (Wildman–Crippen MR) is 105 cm³/mol. The van der Waals surface area contributed by atoms with Gasteiger partial charge in [0.25, 0.3) is 0 Å². The number of rotatable bonds is 5. The monoisotopic (exact) mass is 408 g/mol. The molecule has 1 amide bonds. The van der Waals surface area contributed by atoms with Crippen molar-refractivity contribution in [3.05, 3.63) is 29.8 Å². The highest BCUT2D eigenvalue weighted by Crippen LogP contribution is 2.45. The highest BCUT2D eigenvalue weighted by Gasteiger charge is 2.62. The van der Waals surface area contributed by atoms with E-state index in [0.717, 1.165) is 30.9 Å². The lowest BCUT2D eigenvalue weighted by atomic mass is 9.82. The van der Waals surface area contributed by atoms with Gasteiger partial charge in [0, 0.05) is 32.7 Å². The van der Waals surface area contributed by atoms with Crippen LogP contribution in [0.25, 0.3) is 0 Å². The summed E-state index contributed by atoms with van der Waals surface area (Å²) in [6, 6.07) is 7.42. The van der Waals surface area contributed by atoms with E-state index < -0.39 is 14.6 Å². The highest BCUT2D eigenvalue weighted by molar-refractivity contribution is 7.93. The summed E-state index contributed by atoms with van der Waals surface area (Å²) in [6.07, 6.45) is 0.981. The molecule has 0 saturated carbocycles. The first kappa shape index (κ1) is 19.7. The van der Waals surface area contributed by atoms with E-state index in [1.54, 1.807) is 12.0 Å². The van der Waals surface area contributed by atoms with Crippen LogP contribution >= 0.6 is 0 Å². The molecule has 0 aliphatic carbocycles. The molecule has 0 radical (unpaired) electrons. The Balaban J connectivity index is 1.39. The minimum atomic E-state index is -3.17. The molecule has 4 rings (SSSR count). The van der Waals surface area contributed by atoms with Gasteiger partial charge in [-0.25, -0.2) is 8.42 Å². The maximum Gasteiger partial charge on any atom is 0.227 e. The Labute approximate surface area is 166 Å². The van der Waals surface area contributed by atoms with E-state index in [4.69, 9.17) is 9.47 Å². The van der Waals surface area contributed by atoms with Crippen LogP contribution in [0.4, 0.5) is 0 Å². The minimum Gasteiger partial charge on any atom is -0.497 e. The summed E-state index contributed by atoms with van der Waals surface area (Å²) in [4.78, 5) is 16.7. The maximum atomic E-state index is 12.8. The first-order valence-corrected chi connectivity index (χ1v) is 11.5. The largest absolute Gasteiger partial charge is 0.497 e. The molecule has 3 saturated heterocycles. The standard InChI is InChI=1S/C20H28N2O5S/c1-26-18-4-2-16(3-5-18)12-19(23)22-14-20(15-22)17(6-11-28(20,24)25)13-21-7-9-27-10-8-21/h2-5,17H,6-15H2,1H3. The van der Waals surface area contributed by atoms with Crippen LogP contribution in [0.3, 0.4) is 0 Å². The average Bonchev–Trinajstić information content (AvgIpc) is 2.92. The summed E-state index contributed by atoms with van der Waals surface area (Å²) in [6.45, 7) is 4.57. The third-order valence-corrected chi connectivity index (χ3v) is 9.07. The van der Waals surface area contributed by atoms with E-state index in [-0.39, 0.29) is 24.0 Å². The van der Waals surface area contributed by atoms with Crippen LogP contribution in [0, 0.1) is 5.92 Å². The fourth-order valence-electron chi connectivity index (χ4n) is 4.63. The van der Waals surface area contributed by atoms with Crippen LogP contribution in [0.1, 0.15) is 12.0 Å². The van der Waals surface area contributed by atoms with Gasteiger partial charge in [-0.2, -0.15) is 0 Å². The van der Waals surface area contributed by atoms with Crippen LogP contribution in [0.2, 0.25) is 0 Å². The lowest BCUT2D eigenvalue weighted by molar-refractivity contribution is -0.136. The molecule has 0 N–H and O–H groups in total. The molecule has 1 spiro atoms. The van der Waals surface area contributed by atoms with Crippen molar-refractivity contribution in [2.45, 2.75) is 17.6 Å². The first-order chi connectivity index (χ1) is 13.4. The Kier molecular flexibility index (Phi) is 5.37. The smallest absolute Gasteiger partial charge is 0.227 e. The van der Waals surface area contributed by atoms with Gasteiger partial charge in [0.1, 0.15) is 10.5 Å². The Morgan fingerprint density at radius 3 is 2.54 bits per heavy atom. The second kappa shape index (κ2) is 7.65. The van der Waals surface area contributed by atoms with Crippen LogP contribution < -0.4 is 4.74 Å². The molecule has 1 aromatic carbocycles. The molecule has 28 heavy (non-hydrogen) atoms. The molecule has 3 fully saturated rings. The Bertz CT molecular complexity index is 812. The molecule has 154 valence electrons. The van der Waals surface area contributed by atoms with Crippen LogP contribution in [-0.4, -0.2) is 87.7 Å². The van der Waals surface area contributed by atoms with Crippen molar-refractivity contribution >= 4 is 15.7 Å². The molecule has 0 bridgehead atoms. The van der Waals surface area contributed by atoms with Gasteiger partial charge in [0.15, 0.2) is 9.84 Å². The molecule has 1 aromatic rings. The van der Waals surface area contributed by atoms with Crippen LogP contribution in [-0.2, 0) is 25.8 Å². The number of sulfone groups is 1. The van der Waals surface area contributed by atoms with Crippen LogP contribution in [0.5, 0.6) is 5.75 Å². The van der Waals surface area contributed by atoms with Gasteiger partial charge in [0.05, 0.1) is 32.5 Å². The number of methoxy groups -OCH3 is 1. The second-order valence-corrected chi connectivity index (χ2v) is 10.5. The van der Waals surface area contributed by atoms with E-state index in [0.29, 0.717) is 32.7 Å². The number of carbonyl (C=O) groups is 1. The molecular weight excluding hydrogens is 380 g/mol. The number of benzene rings is 1. The maximum absolute atomic E-state index is 12.8. The quantitative estimate of drug-likeness (QED) is 0.710. The van der Waals surface area contributed by atoms with E-state index in [1.165, 1.54) is 0 Å². The number of carbonyl (C=O) groups excluding carboxylic acids is 1. The number of nitrogens with zero attached hydrogens (tertiary/aromatic N) is 2. The molecule has 3 aliphatic heterocycles. The van der Waals surface area contributed by atoms with Gasteiger partial charge >= 0.3 is 0 Å². The third kappa shape index (κ3) is 3.53. The number of amides is 1. The topological polar surface area (TPSA) is 76.2 Å². The summed E-state index contributed by atoms with van der Waals surface area (Å²) in [5, 5.41) is 0. The molecule has 1 atom stereocenters. The normalized spacial score (nSPS) is 26.2. The summed E-state index contributed by atoms with van der Waals surface area (Å²) in [5.41, 5.74) is 0.908. The van der Waals surface area contributed by atoms with Crippen molar-refractivity contribution in [1.82, 2.24) is 9.80 Å². The molecule has 3 heterocycles. The summed E-state index contributed by atoms with van der Waals surface area (Å²) in [5.74, 6) is 1.08. The second-order valence-electron chi connectivity index (χ2n) is 8.06. The molecule has 1 unspecified atom stereocenters. The molecule has 7 nitrogen and oxygen atoms in total. The lowest BCUT2D eigenvalue weighted by Crippen LogP contribution is -2.69. The number of ether oxygens (including phenoxy) is 2. The Hall–Kier alpha value is -1.64. The van der Waals surface area contributed by atoms with Gasteiger partial charge in [0.2, 0.25) is 5.91 Å². The van der Waals surface area contributed by atoms with E-state index >= 15 is 0 Å². The van der Waals surface area contributed by atoms with Gasteiger partial charge < -0.3 is 14.4 Å². The van der Waals surface area contributed by atoms with Gasteiger partial charge in [-0.15, -0.1) is 0 Å². The summed E-state index contributed by atoms with van der Waals surface area (Å²) in [7, 11) is -1.56. The van der Waals surface area contributed by atoms with E-state index in [9.17, 15) is 13.2 Å². The number of likely N-dealkylation sites (tertiary alicyclic amines) is 1. The zero-order valence-corrected chi connectivity index (χ0v) is 17.1. The predicted octanol–water partition coefficient (Wildman–Crippen LogP) is 0.586. The van der Waals surface area contributed by atoms with Crippen molar-refractivity contribution in [2.75, 3.05) is 58.8 Å². The zero-order valence-electron chi connectivity index (χ0n) is 16.3. The van der Waals surface area contributed by atoms with Crippen molar-refractivity contribution in [3.8, 4) is 5.75 Å². The lowest BCUT2D eigenvalue weighted by Gasteiger charge is -2.51. The first-order valence-electron chi connectivity index (χ1n) is 9.87. The number of morpholine rings is 1. The molecule has 0 aromatic heterocycles. The zero-order chi connectivity index (χ0) is 19.8. The molecule has 8 heteroatoms. The number of hydrogen-bond donors (Lipinski definition) is 0. The summed E-state index contributed by atoms with van der Waals surface area (Å²) < 4.78 is 35.4. The van der Waals surface area contributed by atoms with Crippen LogP contribution in [0.15, 0.2) is 24.3 Å². The van der Waals surface area contributed by atoms with Crippen molar-refractivity contribution in [3.63, 3.8) is 0 Å². The number of hydrogen-bond acceptors (Lipinski definition) is 6. The minimum absolute atomic E-state index is 0.0111. The van der Waals surface area contributed by atoms with E-state index in [1.807, 2.05) is 24.3 Å². The fourth-order valence-corrected chi connectivity index (χ4v) is 7.04. The van der Waals surface area contributed by atoms with E-state index in [2.05, 4.69) is 4.90 Å². The van der Waals surface area contributed by atoms with Crippen molar-refractivity contribution in [2.24, 2.45) is 5.92 Å². The average molecular weight is 409 g/mol. The van der Waals surface area contributed by atoms with Gasteiger partial charge in [-0.3, -0.25) is 9.69 Å². The Morgan fingerprint density at radius 1 is 1.21 bits per heavy atom. The molecular formula is C20H28N2O5S. The van der Waals surface area contributed by atoms with Crippen molar-refractivity contribution in [1.29, 1.82) is 0 Å². The third-order valence-electron chi connectivity index (χ3n) is 6.46. The Morgan fingerprint density at radius 2 is 1.89 bits per heavy atom. The van der Waals surface area contributed by atoms with Crippen molar-refractivity contribution < 1.29 is 22.7 Å². The molecule has 3 aliphatic rings. The SMILES string of the molecule is COc1ccc(CC(=O)N2CC3(C2)C(CN2CCOCC2)CCS3(=O)=O)cc1. The summed E-state index contributed by atoms with van der Waals surface area (Å²) >= 11 is 0. The van der Waals surface area contributed by atoms with Gasteiger partial charge in [-0.05, 0) is 30.0 Å². The van der Waals surface area contributed by atoms with Gasteiger partial charge in [-0.1, -0.05) is 12.1 Å². The fraction of sp³-hybridized carbons (Fsp3) is 0.650. The highest BCUT2D eigenvalue weighted by atomic mass is 32.2.